The smallest absolute Gasteiger partial charge is 0.226 e. The Morgan fingerprint density at radius 1 is 0.750 bits per heavy atom. The molecule has 0 heterocycles. The number of hydrogen-bond donors (Lipinski definition) is 0. The first-order chi connectivity index (χ1) is 6.97. The van der Waals surface area contributed by atoms with Crippen LogP contribution in [0.25, 0.3) is 11.1 Å². The van der Waals surface area contributed by atoms with E-state index in [-0.39, 0.29) is 42.1 Å². The molecule has 0 fully saturated rings. The van der Waals surface area contributed by atoms with Crippen molar-refractivity contribution in [2.24, 2.45) is 0 Å². The molecule has 0 aliphatic heterocycles. The molecule has 0 saturated heterocycles. The van der Waals surface area contributed by atoms with Gasteiger partial charge in [0.15, 0.2) is 0 Å². The summed E-state index contributed by atoms with van der Waals surface area (Å²) in [4.78, 5) is 0. The monoisotopic (exact) mass is 550 g/mol. The summed E-state index contributed by atoms with van der Waals surface area (Å²) < 4.78 is 0. The van der Waals surface area contributed by atoms with Gasteiger partial charge in [-0.2, -0.15) is 48.5 Å². The van der Waals surface area contributed by atoms with Crippen LogP contribution in [0.3, 0.4) is 0 Å². The van der Waals surface area contributed by atoms with Crippen molar-refractivity contribution >= 4 is 0 Å². The first-order valence-corrected chi connectivity index (χ1v) is 4.90. The van der Waals surface area contributed by atoms with E-state index in [4.69, 9.17) is 0 Å². The molecule has 0 aliphatic carbocycles. The van der Waals surface area contributed by atoms with Gasteiger partial charge in [-0.15, -0.1) is 12.1 Å². The summed E-state index contributed by atoms with van der Waals surface area (Å²) in [6.07, 6.45) is 0. The Kier molecular flexibility index (Phi) is 12.9. The van der Waals surface area contributed by atoms with Crippen LogP contribution < -0.4 is 0 Å². The van der Waals surface area contributed by atoms with Gasteiger partial charge in [0.25, 0.3) is 0 Å². The van der Waals surface area contributed by atoms with Gasteiger partial charge in [-0.3, -0.25) is 0 Å². The molecule has 2 heteroatoms. The molecule has 0 saturated carbocycles. The Bertz CT molecular complexity index is 306. The quantitative estimate of drug-likeness (QED) is 0.472. The molecule has 82 valence electrons. The van der Waals surface area contributed by atoms with Crippen LogP contribution in [-0.2, 0) is 42.1 Å². The standard InChI is InChI=1S/C12H8.C2H6.2W/c1-3-7-11(8-4-1)12-9-5-2-6-10-12;1-2;;/h1-7,9H;1-2H3;;/q-2;;;+2. The predicted octanol–water partition coefficient (Wildman–Crippen LogP) is 3.98. The van der Waals surface area contributed by atoms with E-state index in [0.29, 0.717) is 0 Å². The molecule has 0 aliphatic rings. The summed E-state index contributed by atoms with van der Waals surface area (Å²) in [5, 5.41) is 0. The largest absolute Gasteiger partial charge is 2.00 e. The van der Waals surface area contributed by atoms with Gasteiger partial charge < -0.3 is 0 Å². The van der Waals surface area contributed by atoms with Crippen molar-refractivity contribution in [3.63, 3.8) is 0 Å². The van der Waals surface area contributed by atoms with Crippen LogP contribution in [0.2, 0.25) is 0 Å². The first-order valence-electron chi connectivity index (χ1n) is 4.90. The second-order valence-electron chi connectivity index (χ2n) is 2.55. The Morgan fingerprint density at radius 3 is 1.38 bits per heavy atom. The maximum Gasteiger partial charge on any atom is 2.00 e. The SMILES string of the molecule is CC.[W+2].[W].[c-]1ccccc1-c1[c-]cccc1. The van der Waals surface area contributed by atoms with Crippen molar-refractivity contribution in [1.29, 1.82) is 0 Å². The fraction of sp³-hybridized carbons (Fsp3) is 0.143. The van der Waals surface area contributed by atoms with Crippen LogP contribution in [0.4, 0.5) is 0 Å². The third kappa shape index (κ3) is 5.78. The van der Waals surface area contributed by atoms with Gasteiger partial charge in [-0.25, -0.2) is 11.1 Å². The Labute approximate surface area is 127 Å². The molecular weight excluding hydrogens is 536 g/mol. The van der Waals surface area contributed by atoms with E-state index in [9.17, 15) is 0 Å². The topological polar surface area (TPSA) is 0 Å². The van der Waals surface area contributed by atoms with Crippen LogP contribution >= 0.6 is 0 Å². The number of hydrogen-bond acceptors (Lipinski definition) is 0. The van der Waals surface area contributed by atoms with E-state index in [2.05, 4.69) is 12.1 Å². The summed E-state index contributed by atoms with van der Waals surface area (Å²) in [5.74, 6) is 0. The van der Waals surface area contributed by atoms with Crippen LogP contribution in [0.15, 0.2) is 48.5 Å². The van der Waals surface area contributed by atoms with Crippen molar-refractivity contribution in [3.05, 3.63) is 60.7 Å². The van der Waals surface area contributed by atoms with Gasteiger partial charge in [0.1, 0.15) is 0 Å². The molecule has 2 rings (SSSR count). The Balaban J connectivity index is 0. The molecule has 2 aromatic rings. The van der Waals surface area contributed by atoms with E-state index < -0.39 is 0 Å². The molecule has 0 unspecified atom stereocenters. The number of benzene rings is 2. The van der Waals surface area contributed by atoms with Crippen LogP contribution in [0, 0.1) is 12.1 Å². The van der Waals surface area contributed by atoms with Gasteiger partial charge in [-0.1, -0.05) is 13.8 Å². The maximum absolute atomic E-state index is 3.15. The van der Waals surface area contributed by atoms with Crippen LogP contribution in [-0.4, -0.2) is 0 Å². The summed E-state index contributed by atoms with van der Waals surface area (Å²) in [6.45, 7) is 4.00. The minimum Gasteiger partial charge on any atom is -0.226 e. The van der Waals surface area contributed by atoms with Gasteiger partial charge in [0.05, 0.1) is 0 Å². The maximum atomic E-state index is 3.15. The van der Waals surface area contributed by atoms with E-state index in [1.165, 1.54) is 0 Å². The van der Waals surface area contributed by atoms with Crippen molar-refractivity contribution in [2.75, 3.05) is 0 Å². The first kappa shape index (κ1) is 18.2. The normalized spacial score (nSPS) is 7.62. The average Bonchev–Trinajstić information content (AvgIpc) is 2.34. The summed E-state index contributed by atoms with van der Waals surface area (Å²) >= 11 is 0. The van der Waals surface area contributed by atoms with E-state index >= 15 is 0 Å². The fourth-order valence-electron chi connectivity index (χ4n) is 1.12. The number of rotatable bonds is 1. The minimum atomic E-state index is 0. The Hall–Kier alpha value is -0.183. The second-order valence-corrected chi connectivity index (χ2v) is 2.55. The Morgan fingerprint density at radius 2 is 1.12 bits per heavy atom. The molecule has 2 aromatic carbocycles. The molecule has 0 N–H and O–H groups in total. The zero-order valence-corrected chi connectivity index (χ0v) is 15.3. The molecule has 0 aromatic heterocycles. The van der Waals surface area contributed by atoms with E-state index in [1.807, 2.05) is 62.4 Å². The minimum absolute atomic E-state index is 0. The van der Waals surface area contributed by atoms with Crippen molar-refractivity contribution < 1.29 is 42.1 Å². The summed E-state index contributed by atoms with van der Waals surface area (Å²) in [5.41, 5.74) is 2.19. The third-order valence-electron chi connectivity index (χ3n) is 1.71. The van der Waals surface area contributed by atoms with Crippen molar-refractivity contribution in [2.45, 2.75) is 13.8 Å². The zero-order chi connectivity index (χ0) is 10.2. The molecule has 0 nitrogen and oxygen atoms in total. The second kappa shape index (κ2) is 11.3. The molecular formula is C14H14W2. The molecule has 0 spiro atoms. The zero-order valence-electron chi connectivity index (χ0n) is 9.44. The average molecular weight is 550 g/mol. The fourth-order valence-corrected chi connectivity index (χ4v) is 1.12. The van der Waals surface area contributed by atoms with Gasteiger partial charge in [0.2, 0.25) is 0 Å². The molecule has 0 atom stereocenters. The van der Waals surface area contributed by atoms with E-state index in [1.54, 1.807) is 0 Å². The molecule has 0 bridgehead atoms. The van der Waals surface area contributed by atoms with Gasteiger partial charge in [0, 0.05) is 21.1 Å². The molecule has 16 heavy (non-hydrogen) atoms. The van der Waals surface area contributed by atoms with Crippen molar-refractivity contribution in [1.82, 2.24) is 0 Å². The van der Waals surface area contributed by atoms with Crippen molar-refractivity contribution in [3.8, 4) is 11.1 Å². The van der Waals surface area contributed by atoms with Crippen LogP contribution in [0.1, 0.15) is 13.8 Å². The molecule has 0 radical (unpaired) electrons. The molecule has 0 amide bonds. The predicted molar refractivity (Wildman–Crippen MR) is 60.9 cm³/mol. The van der Waals surface area contributed by atoms with Gasteiger partial charge >= 0.3 is 21.1 Å². The summed E-state index contributed by atoms with van der Waals surface area (Å²) in [6, 6.07) is 22.1. The van der Waals surface area contributed by atoms with E-state index in [0.717, 1.165) is 11.1 Å². The van der Waals surface area contributed by atoms with Gasteiger partial charge in [-0.05, 0) is 0 Å². The third-order valence-corrected chi connectivity index (χ3v) is 1.71. The van der Waals surface area contributed by atoms with Crippen LogP contribution in [0.5, 0.6) is 0 Å². The summed E-state index contributed by atoms with van der Waals surface area (Å²) in [7, 11) is 0.